The Labute approximate surface area is 227 Å². The molecule has 3 rings (SSSR count). The maximum Gasteiger partial charge on any atom is 0.408 e. The maximum atomic E-state index is 13.4. The minimum Gasteiger partial charge on any atom is -0.444 e. The van der Waals surface area contributed by atoms with Crippen molar-refractivity contribution in [2.45, 2.75) is 58.7 Å². The number of carbonyl (C=O) groups excluding carboxylic acids is 4. The molecule has 2 heterocycles. The van der Waals surface area contributed by atoms with Crippen LogP contribution in [0.4, 0.5) is 4.79 Å². The van der Waals surface area contributed by atoms with E-state index in [4.69, 9.17) is 4.74 Å². The Morgan fingerprint density at radius 1 is 0.974 bits per heavy atom. The van der Waals surface area contributed by atoms with Crippen molar-refractivity contribution in [1.29, 1.82) is 0 Å². The third-order valence-corrected chi connectivity index (χ3v) is 7.15. The quantitative estimate of drug-likeness (QED) is 0.467. The van der Waals surface area contributed by atoms with Crippen LogP contribution in [0.2, 0.25) is 0 Å². The fourth-order valence-corrected chi connectivity index (χ4v) is 5.21. The number of thiophene rings is 1. The molecular formula is C27H38N4O6S. The Balaban J connectivity index is 1.60. The topological polar surface area (TPSA) is 128 Å². The molecular weight excluding hydrogens is 508 g/mol. The van der Waals surface area contributed by atoms with Crippen molar-refractivity contribution < 1.29 is 29.0 Å². The Morgan fingerprint density at radius 3 is 2.08 bits per heavy atom. The first kappa shape index (κ1) is 29.4. The Hall–Kier alpha value is -3.18. The number of piperazine rings is 1. The van der Waals surface area contributed by atoms with Crippen molar-refractivity contribution >= 4 is 45.2 Å². The van der Waals surface area contributed by atoms with Gasteiger partial charge in [0.15, 0.2) is 0 Å². The number of ether oxygens (including phenoxy) is 1. The van der Waals surface area contributed by atoms with E-state index < -0.39 is 36.3 Å². The second kappa shape index (κ2) is 12.6. The highest BCUT2D eigenvalue weighted by Crippen LogP contribution is 2.25. The third-order valence-electron chi connectivity index (χ3n) is 6.03. The first-order valence-corrected chi connectivity index (χ1v) is 13.7. The van der Waals surface area contributed by atoms with E-state index in [1.54, 1.807) is 25.7 Å². The summed E-state index contributed by atoms with van der Waals surface area (Å²) < 4.78 is 6.18. The van der Waals surface area contributed by atoms with Gasteiger partial charge in [0.2, 0.25) is 11.8 Å². The van der Waals surface area contributed by atoms with Crippen molar-refractivity contribution in [2.75, 3.05) is 32.8 Å². The van der Waals surface area contributed by atoms with Crippen LogP contribution in [0.1, 0.15) is 50.7 Å². The van der Waals surface area contributed by atoms with Crippen molar-refractivity contribution in [1.82, 2.24) is 20.4 Å². The number of nitrogens with one attached hydrogen (secondary N) is 2. The van der Waals surface area contributed by atoms with Crippen molar-refractivity contribution in [3.05, 3.63) is 35.2 Å². The Bertz CT molecular complexity index is 1120. The second-order valence-corrected chi connectivity index (χ2v) is 11.9. The molecule has 1 fully saturated rings. The predicted octanol–water partition coefficient (Wildman–Crippen LogP) is 2.60. The summed E-state index contributed by atoms with van der Waals surface area (Å²) in [6, 6.07) is 7.76. The molecule has 0 saturated carbocycles. The van der Waals surface area contributed by atoms with Gasteiger partial charge in [-0.05, 0) is 50.6 Å². The number of aliphatic hydroxyl groups excluding tert-OH is 1. The number of nitrogens with zero attached hydrogens (tertiary/aromatic N) is 2. The largest absolute Gasteiger partial charge is 0.444 e. The van der Waals surface area contributed by atoms with E-state index in [2.05, 4.69) is 10.6 Å². The van der Waals surface area contributed by atoms with Crippen LogP contribution < -0.4 is 10.6 Å². The lowest BCUT2D eigenvalue weighted by Crippen LogP contribution is -2.59. The number of hydrogen-bond acceptors (Lipinski definition) is 7. The number of amides is 4. The zero-order valence-electron chi connectivity index (χ0n) is 22.7. The standard InChI is InChI=1S/C27H38N4O6S/c1-17(2)14-19(28-23(33)22-15-18-8-6-7-9-21(18)38-22)24(34)30-10-12-31(13-11-30)25(35)20(16-32)29-26(36)37-27(3,4)5/h6-9,15,17,19-20,32H,10-14,16H2,1-5H3,(H,28,33)(H,29,36)/t19-,20-/m0/s1. The lowest BCUT2D eigenvalue weighted by molar-refractivity contribution is -0.142. The molecule has 1 aromatic heterocycles. The normalized spacial score (nSPS) is 15.8. The molecule has 1 saturated heterocycles. The molecule has 2 aromatic rings. The van der Waals surface area contributed by atoms with Crippen LogP contribution in [-0.4, -0.2) is 89.2 Å². The van der Waals surface area contributed by atoms with Gasteiger partial charge in [-0.15, -0.1) is 11.3 Å². The fourth-order valence-electron chi connectivity index (χ4n) is 4.24. The van der Waals surface area contributed by atoms with Gasteiger partial charge in [0.25, 0.3) is 5.91 Å². The molecule has 38 heavy (non-hydrogen) atoms. The number of carbonyl (C=O) groups is 4. The average molecular weight is 547 g/mol. The lowest BCUT2D eigenvalue weighted by Gasteiger charge is -2.38. The molecule has 0 radical (unpaired) electrons. The van der Waals surface area contributed by atoms with Crippen LogP contribution in [0.25, 0.3) is 10.1 Å². The number of alkyl carbamates (subject to hydrolysis) is 1. The molecule has 3 N–H and O–H groups in total. The Kier molecular flexibility index (Phi) is 9.72. The van der Waals surface area contributed by atoms with E-state index in [0.29, 0.717) is 11.3 Å². The highest BCUT2D eigenvalue weighted by Gasteiger charge is 2.33. The summed E-state index contributed by atoms with van der Waals surface area (Å²) in [4.78, 5) is 55.1. The second-order valence-electron chi connectivity index (χ2n) is 10.8. The summed E-state index contributed by atoms with van der Waals surface area (Å²) in [6.07, 6.45) is -0.300. The number of benzene rings is 1. The van der Waals surface area contributed by atoms with Gasteiger partial charge in [-0.25, -0.2) is 4.79 Å². The smallest absolute Gasteiger partial charge is 0.408 e. The molecule has 4 amide bonds. The zero-order valence-corrected chi connectivity index (χ0v) is 23.5. The van der Waals surface area contributed by atoms with Crippen molar-refractivity contribution in [3.8, 4) is 0 Å². The van der Waals surface area contributed by atoms with Crippen LogP contribution >= 0.6 is 11.3 Å². The van der Waals surface area contributed by atoms with Crippen molar-refractivity contribution in [3.63, 3.8) is 0 Å². The highest BCUT2D eigenvalue weighted by molar-refractivity contribution is 7.20. The van der Waals surface area contributed by atoms with Crippen LogP contribution in [-0.2, 0) is 14.3 Å². The van der Waals surface area contributed by atoms with Gasteiger partial charge in [0, 0.05) is 30.9 Å². The summed E-state index contributed by atoms with van der Waals surface area (Å²) in [5.41, 5.74) is -0.738. The highest BCUT2D eigenvalue weighted by atomic mass is 32.1. The molecule has 1 aliphatic rings. The van der Waals surface area contributed by atoms with Gasteiger partial charge in [-0.1, -0.05) is 32.0 Å². The maximum absolute atomic E-state index is 13.4. The minimum atomic E-state index is -1.14. The summed E-state index contributed by atoms with van der Waals surface area (Å²) >= 11 is 1.39. The zero-order chi connectivity index (χ0) is 28.0. The van der Waals surface area contributed by atoms with Gasteiger partial charge >= 0.3 is 6.09 Å². The van der Waals surface area contributed by atoms with Gasteiger partial charge in [0.05, 0.1) is 11.5 Å². The summed E-state index contributed by atoms with van der Waals surface area (Å²) in [6.45, 7) is 9.58. The SMILES string of the molecule is CC(C)C[C@H](NC(=O)c1cc2ccccc2s1)C(=O)N1CCN(C(=O)[C@H](CO)NC(=O)OC(C)(C)C)CC1. The molecule has 2 atom stereocenters. The molecule has 0 unspecified atom stereocenters. The van der Waals surface area contributed by atoms with Gasteiger partial charge in [0.1, 0.15) is 17.7 Å². The molecule has 10 nitrogen and oxygen atoms in total. The summed E-state index contributed by atoms with van der Waals surface area (Å²) in [5, 5.41) is 16.0. The van der Waals surface area contributed by atoms with Gasteiger partial charge in [-0.2, -0.15) is 0 Å². The molecule has 0 spiro atoms. The number of fused-ring (bicyclic) bond motifs is 1. The van der Waals surface area contributed by atoms with E-state index in [1.807, 2.05) is 44.2 Å². The fraction of sp³-hybridized carbons (Fsp3) is 0.556. The third kappa shape index (κ3) is 7.91. The molecule has 1 aliphatic heterocycles. The van der Waals surface area contributed by atoms with E-state index in [-0.39, 0.29) is 43.9 Å². The van der Waals surface area contributed by atoms with Crippen LogP contribution in [0.15, 0.2) is 30.3 Å². The van der Waals surface area contributed by atoms with E-state index in [0.717, 1.165) is 10.1 Å². The summed E-state index contributed by atoms with van der Waals surface area (Å²) in [5.74, 6) is -0.732. The average Bonchev–Trinajstić information content (AvgIpc) is 3.29. The van der Waals surface area contributed by atoms with Crippen LogP contribution in [0, 0.1) is 5.92 Å². The minimum absolute atomic E-state index is 0.179. The number of hydrogen-bond donors (Lipinski definition) is 3. The van der Waals surface area contributed by atoms with E-state index in [1.165, 1.54) is 16.2 Å². The predicted molar refractivity (Wildman–Crippen MR) is 146 cm³/mol. The van der Waals surface area contributed by atoms with Gasteiger partial charge in [-0.3, -0.25) is 14.4 Å². The number of rotatable bonds is 8. The van der Waals surface area contributed by atoms with E-state index >= 15 is 0 Å². The monoisotopic (exact) mass is 546 g/mol. The first-order valence-electron chi connectivity index (χ1n) is 12.9. The lowest BCUT2D eigenvalue weighted by atomic mass is 10.0. The Morgan fingerprint density at radius 2 is 1.55 bits per heavy atom. The molecule has 0 bridgehead atoms. The molecule has 208 valence electrons. The van der Waals surface area contributed by atoms with Crippen molar-refractivity contribution in [2.24, 2.45) is 5.92 Å². The number of aliphatic hydroxyl groups is 1. The van der Waals surface area contributed by atoms with E-state index in [9.17, 15) is 24.3 Å². The molecule has 1 aromatic carbocycles. The molecule has 0 aliphatic carbocycles. The summed E-state index contributed by atoms with van der Waals surface area (Å²) in [7, 11) is 0. The molecule has 11 heteroatoms. The van der Waals surface area contributed by atoms with Crippen LogP contribution in [0.3, 0.4) is 0 Å². The van der Waals surface area contributed by atoms with Gasteiger partial charge < -0.3 is 30.3 Å². The first-order chi connectivity index (χ1) is 17.9. The van der Waals surface area contributed by atoms with Crippen LogP contribution in [0.5, 0.6) is 0 Å².